The molecule has 8 N–H and O–H groups in total. The summed E-state index contributed by atoms with van der Waals surface area (Å²) in [5.74, 6) is -3.15. The molecule has 0 spiro atoms. The van der Waals surface area contributed by atoms with Crippen LogP contribution in [-0.2, 0) is 9.47 Å². The Kier molecular flexibility index (Phi) is 6.22. The number of fused-ring (bicyclic) bond motifs is 1. The van der Waals surface area contributed by atoms with Gasteiger partial charge in [0, 0.05) is 18.1 Å². The third kappa shape index (κ3) is 4.12. The van der Waals surface area contributed by atoms with Gasteiger partial charge in [-0.2, -0.15) is 0 Å². The zero-order valence-corrected chi connectivity index (χ0v) is 17.1. The van der Waals surface area contributed by atoms with Gasteiger partial charge in [-0.15, -0.1) is 0 Å². The number of allylic oxidation sites excluding steroid dienone is 1. The van der Waals surface area contributed by atoms with E-state index in [9.17, 15) is 45.6 Å². The van der Waals surface area contributed by atoms with E-state index in [4.69, 9.17) is 14.2 Å². The molecule has 1 fully saturated rings. The predicted molar refractivity (Wildman–Crippen MR) is 106 cm³/mol. The van der Waals surface area contributed by atoms with E-state index in [1.54, 1.807) is 0 Å². The van der Waals surface area contributed by atoms with E-state index in [2.05, 4.69) is 0 Å². The van der Waals surface area contributed by atoms with Crippen molar-refractivity contribution >= 4 is 5.78 Å². The van der Waals surface area contributed by atoms with Crippen molar-refractivity contribution in [2.24, 2.45) is 5.92 Å². The lowest BCUT2D eigenvalue weighted by atomic mass is 9.85. The standard InChI is InChI=1S/C21H24O12/c22-6-13-15(26)17(28)19(30)21(33-13)32-11-3-7(1-2-9(11)24)20-18(29)16(27)14-10(25)4-8(23)5-12(14)31-20/h2-5,7,13,15,17-26,28-30H,1,6H2/t7?,13?,15?,17?,18-,19?,20+,21?/m0/s1. The predicted octanol–water partition coefficient (Wildman–Crippen LogP) is -1.44. The topological polar surface area (TPSA) is 207 Å². The highest BCUT2D eigenvalue weighted by atomic mass is 16.7. The number of carbonyl (C=O) groups is 1. The molecular weight excluding hydrogens is 444 g/mol. The summed E-state index contributed by atoms with van der Waals surface area (Å²) in [7, 11) is 0. The van der Waals surface area contributed by atoms with Crippen LogP contribution >= 0.6 is 0 Å². The molecule has 33 heavy (non-hydrogen) atoms. The van der Waals surface area contributed by atoms with Gasteiger partial charge in [-0.1, -0.05) is 0 Å². The Hall–Kier alpha value is -2.87. The van der Waals surface area contributed by atoms with Gasteiger partial charge in [-0.25, -0.2) is 0 Å². The van der Waals surface area contributed by atoms with Crippen LogP contribution in [0.1, 0.15) is 16.8 Å². The van der Waals surface area contributed by atoms with Crippen LogP contribution in [-0.4, -0.2) is 96.2 Å². The van der Waals surface area contributed by atoms with Crippen LogP contribution in [0.25, 0.3) is 0 Å². The lowest BCUT2D eigenvalue weighted by molar-refractivity contribution is -0.291. The minimum Gasteiger partial charge on any atom is -0.508 e. The van der Waals surface area contributed by atoms with Crippen LogP contribution in [0.15, 0.2) is 35.8 Å². The zero-order valence-electron chi connectivity index (χ0n) is 17.1. The average Bonchev–Trinajstić information content (AvgIpc) is 2.77. The van der Waals surface area contributed by atoms with Crippen molar-refractivity contribution in [2.75, 3.05) is 6.61 Å². The summed E-state index contributed by atoms with van der Waals surface area (Å²) in [5, 5.41) is 79.7. The number of Topliss-reactive ketones (excluding diaryl/α,β-unsaturated/α-hetero) is 1. The fourth-order valence-electron chi connectivity index (χ4n) is 4.07. The van der Waals surface area contributed by atoms with Gasteiger partial charge in [0.25, 0.3) is 0 Å². The van der Waals surface area contributed by atoms with E-state index in [1.807, 2.05) is 0 Å². The smallest absolute Gasteiger partial charge is 0.229 e. The number of aliphatic hydroxyl groups excluding tert-OH is 6. The second-order valence-corrected chi connectivity index (χ2v) is 8.06. The van der Waals surface area contributed by atoms with Gasteiger partial charge in [-0.05, 0) is 18.6 Å². The van der Waals surface area contributed by atoms with Gasteiger partial charge >= 0.3 is 0 Å². The summed E-state index contributed by atoms with van der Waals surface area (Å²) in [6.07, 6.45) is -7.88. The quantitative estimate of drug-likeness (QED) is 0.256. The van der Waals surface area contributed by atoms with Crippen LogP contribution in [0.4, 0.5) is 0 Å². The molecule has 4 rings (SSSR count). The Balaban J connectivity index is 1.58. The first-order chi connectivity index (χ1) is 15.6. The van der Waals surface area contributed by atoms with Crippen LogP contribution in [0.3, 0.4) is 0 Å². The van der Waals surface area contributed by atoms with Crippen molar-refractivity contribution in [3.8, 4) is 17.2 Å². The third-order valence-corrected chi connectivity index (χ3v) is 5.87. The van der Waals surface area contributed by atoms with E-state index in [0.717, 1.165) is 12.1 Å². The molecule has 0 bridgehead atoms. The third-order valence-electron chi connectivity index (χ3n) is 5.87. The maximum absolute atomic E-state index is 12.6. The summed E-state index contributed by atoms with van der Waals surface area (Å²) < 4.78 is 16.4. The summed E-state index contributed by atoms with van der Waals surface area (Å²) in [6.45, 7) is -0.669. The van der Waals surface area contributed by atoms with Crippen molar-refractivity contribution in [1.82, 2.24) is 0 Å². The van der Waals surface area contributed by atoms with E-state index in [1.165, 1.54) is 12.2 Å². The monoisotopic (exact) mass is 468 g/mol. The molecule has 3 aliphatic rings. The second-order valence-electron chi connectivity index (χ2n) is 8.06. The number of hydrogen-bond donors (Lipinski definition) is 8. The number of ether oxygens (including phenoxy) is 3. The van der Waals surface area contributed by atoms with E-state index in [0.29, 0.717) is 0 Å². The minimum atomic E-state index is -1.71. The van der Waals surface area contributed by atoms with Crippen molar-refractivity contribution < 1.29 is 59.9 Å². The van der Waals surface area contributed by atoms with Crippen molar-refractivity contribution in [3.05, 3.63) is 41.4 Å². The molecule has 0 aromatic heterocycles. The molecule has 6 unspecified atom stereocenters. The molecule has 8 atom stereocenters. The molecule has 1 aromatic carbocycles. The first-order valence-electron chi connectivity index (χ1n) is 10.2. The first-order valence-corrected chi connectivity index (χ1v) is 10.2. The van der Waals surface area contributed by atoms with Crippen LogP contribution in [0, 0.1) is 5.92 Å². The fraction of sp³-hybridized carbons (Fsp3) is 0.476. The number of rotatable bonds is 4. The number of aliphatic hydroxyl groups is 6. The molecule has 180 valence electrons. The molecule has 12 heteroatoms. The second kappa shape index (κ2) is 8.82. The maximum Gasteiger partial charge on any atom is 0.229 e. The number of benzene rings is 1. The van der Waals surface area contributed by atoms with Crippen LogP contribution in [0.2, 0.25) is 0 Å². The number of phenolic OH excluding ortho intramolecular Hbond substituents is 2. The van der Waals surface area contributed by atoms with Crippen molar-refractivity contribution in [2.45, 2.75) is 49.3 Å². The summed E-state index contributed by atoms with van der Waals surface area (Å²) in [4.78, 5) is 12.6. The molecule has 0 saturated carbocycles. The summed E-state index contributed by atoms with van der Waals surface area (Å²) >= 11 is 0. The Morgan fingerprint density at radius 2 is 1.76 bits per heavy atom. The maximum atomic E-state index is 12.6. The first kappa shape index (κ1) is 23.3. The number of hydrogen-bond acceptors (Lipinski definition) is 12. The lowest BCUT2D eigenvalue weighted by Gasteiger charge is -2.40. The lowest BCUT2D eigenvalue weighted by Crippen LogP contribution is -2.59. The van der Waals surface area contributed by atoms with Gasteiger partial charge in [0.2, 0.25) is 12.1 Å². The number of ketones is 1. The Morgan fingerprint density at radius 1 is 1.03 bits per heavy atom. The van der Waals surface area contributed by atoms with E-state index < -0.39 is 67.0 Å². The van der Waals surface area contributed by atoms with Crippen LogP contribution in [0.5, 0.6) is 17.2 Å². The zero-order chi connectivity index (χ0) is 24.0. The molecule has 0 radical (unpaired) electrons. The average molecular weight is 468 g/mol. The molecule has 1 aromatic rings. The van der Waals surface area contributed by atoms with Gasteiger partial charge in [0.15, 0.2) is 17.6 Å². The molecule has 1 saturated heterocycles. The SMILES string of the molecule is O=C1c2c(O)cc(O)cc2O[C@H](C2C=C(OC3OC(CO)C(O)C(O)C3O)C(O)=CC2)[C@H]1O. The molecule has 2 aliphatic heterocycles. The Morgan fingerprint density at radius 3 is 2.45 bits per heavy atom. The number of carbonyl (C=O) groups excluding carboxylic acids is 1. The number of aromatic hydroxyl groups is 2. The highest BCUT2D eigenvalue weighted by Crippen LogP contribution is 2.41. The van der Waals surface area contributed by atoms with Crippen LogP contribution < -0.4 is 4.74 Å². The van der Waals surface area contributed by atoms with E-state index in [-0.39, 0.29) is 35.0 Å². The molecule has 1 aliphatic carbocycles. The van der Waals surface area contributed by atoms with Gasteiger partial charge < -0.3 is 55.1 Å². The summed E-state index contributed by atoms with van der Waals surface area (Å²) in [5.41, 5.74) is -0.271. The summed E-state index contributed by atoms with van der Waals surface area (Å²) in [6, 6.07) is 2.07. The number of phenols is 2. The van der Waals surface area contributed by atoms with E-state index >= 15 is 0 Å². The molecule has 2 heterocycles. The highest BCUT2D eigenvalue weighted by molar-refractivity contribution is 6.05. The fourth-order valence-corrected chi connectivity index (χ4v) is 4.07. The van der Waals surface area contributed by atoms with Gasteiger partial charge in [0.05, 0.1) is 6.61 Å². The Labute approximate surface area is 186 Å². The van der Waals surface area contributed by atoms with Gasteiger partial charge in [0.1, 0.15) is 53.3 Å². The molecular formula is C21H24O12. The minimum absolute atomic E-state index is 0.114. The normalized spacial score (nSPS) is 36.3. The van der Waals surface area contributed by atoms with Gasteiger partial charge in [-0.3, -0.25) is 4.79 Å². The van der Waals surface area contributed by atoms with Crippen molar-refractivity contribution in [3.63, 3.8) is 0 Å². The largest absolute Gasteiger partial charge is 0.508 e. The van der Waals surface area contributed by atoms with Crippen molar-refractivity contribution in [1.29, 1.82) is 0 Å². The molecule has 0 amide bonds. The Bertz CT molecular complexity index is 986. The molecule has 12 nitrogen and oxygen atoms in total. The highest BCUT2D eigenvalue weighted by Gasteiger charge is 2.46.